The van der Waals surface area contributed by atoms with Gasteiger partial charge in [-0.05, 0) is 58.9 Å². The average molecular weight is 403 g/mol. The number of esters is 1. The molecular weight excluding hydrogens is 368 g/mol. The number of carbonyl (C=O) groups excluding carboxylic acids is 3. The molecule has 1 heterocycles. The Morgan fingerprint density at radius 3 is 2.24 bits per heavy atom. The van der Waals surface area contributed by atoms with E-state index in [0.29, 0.717) is 30.0 Å². The van der Waals surface area contributed by atoms with Crippen LogP contribution in [-0.2, 0) is 16.1 Å². The summed E-state index contributed by atoms with van der Waals surface area (Å²) in [6, 6.07) is 0.201. The molecule has 0 bridgehead atoms. The second-order valence-electron chi connectivity index (χ2n) is 8.35. The number of Topliss-reactive ketones (excluding diaryl/α,β-unsaturated/α-hetero) is 1. The highest BCUT2D eigenvalue weighted by molar-refractivity contribution is 6.04. The fraction of sp³-hybridized carbons (Fsp3) is 0.696. The van der Waals surface area contributed by atoms with Crippen LogP contribution in [0.4, 0.5) is 0 Å². The maximum absolute atomic E-state index is 13.3. The highest BCUT2D eigenvalue weighted by Crippen LogP contribution is 2.33. The third kappa shape index (κ3) is 4.41. The van der Waals surface area contributed by atoms with Crippen molar-refractivity contribution in [1.29, 1.82) is 0 Å². The van der Waals surface area contributed by atoms with Crippen molar-refractivity contribution in [3.63, 3.8) is 0 Å². The van der Waals surface area contributed by atoms with Crippen LogP contribution in [0, 0.1) is 19.8 Å². The van der Waals surface area contributed by atoms with Crippen LogP contribution in [0.1, 0.15) is 90.9 Å². The number of carbonyl (C=O) groups is 3. The van der Waals surface area contributed by atoms with Gasteiger partial charge in [0.05, 0.1) is 13.2 Å². The van der Waals surface area contributed by atoms with Crippen LogP contribution in [-0.4, -0.2) is 46.3 Å². The molecule has 2 aliphatic carbocycles. The molecule has 3 rings (SSSR count). The zero-order valence-electron chi connectivity index (χ0n) is 18.3. The zero-order chi connectivity index (χ0) is 21.1. The molecule has 0 N–H and O–H groups in total. The van der Waals surface area contributed by atoms with Gasteiger partial charge in [-0.3, -0.25) is 9.59 Å². The average Bonchev–Trinajstić information content (AvgIpc) is 3.51. The SMILES string of the molecule is CCOC(=O)c1c(C)c(C(=O)CN(C(=O)C2CCCCC2)C2CC2)c(C)n1CC. The number of amides is 1. The number of hydrogen-bond donors (Lipinski definition) is 0. The molecule has 160 valence electrons. The fourth-order valence-corrected chi connectivity index (χ4v) is 4.75. The number of aromatic nitrogens is 1. The minimum atomic E-state index is -0.397. The fourth-order valence-electron chi connectivity index (χ4n) is 4.75. The monoisotopic (exact) mass is 402 g/mol. The molecule has 2 saturated carbocycles. The normalized spacial score (nSPS) is 17.2. The number of nitrogens with zero attached hydrogens (tertiary/aromatic N) is 2. The Bertz CT molecular complexity index is 785. The largest absolute Gasteiger partial charge is 0.461 e. The first-order valence-corrected chi connectivity index (χ1v) is 11.1. The van der Waals surface area contributed by atoms with Gasteiger partial charge in [0.15, 0.2) is 5.78 Å². The second-order valence-corrected chi connectivity index (χ2v) is 8.35. The summed E-state index contributed by atoms with van der Waals surface area (Å²) in [5, 5.41) is 0. The molecule has 0 atom stereocenters. The van der Waals surface area contributed by atoms with E-state index < -0.39 is 5.97 Å². The first-order chi connectivity index (χ1) is 13.9. The van der Waals surface area contributed by atoms with E-state index >= 15 is 0 Å². The second kappa shape index (κ2) is 9.14. The van der Waals surface area contributed by atoms with Gasteiger partial charge < -0.3 is 14.2 Å². The smallest absolute Gasteiger partial charge is 0.355 e. The van der Waals surface area contributed by atoms with Gasteiger partial charge in [0.25, 0.3) is 0 Å². The summed E-state index contributed by atoms with van der Waals surface area (Å²) in [4.78, 5) is 40.7. The van der Waals surface area contributed by atoms with Crippen molar-refractivity contribution in [3.05, 3.63) is 22.5 Å². The predicted octanol–water partition coefficient (Wildman–Crippen LogP) is 4.06. The Balaban J connectivity index is 1.85. The van der Waals surface area contributed by atoms with E-state index in [2.05, 4.69) is 0 Å². The summed E-state index contributed by atoms with van der Waals surface area (Å²) in [7, 11) is 0. The van der Waals surface area contributed by atoms with Gasteiger partial charge in [-0.2, -0.15) is 0 Å². The van der Waals surface area contributed by atoms with Gasteiger partial charge in [0, 0.05) is 29.8 Å². The molecule has 1 aromatic rings. The van der Waals surface area contributed by atoms with E-state index in [-0.39, 0.29) is 30.2 Å². The quantitative estimate of drug-likeness (QED) is 0.486. The van der Waals surface area contributed by atoms with Gasteiger partial charge >= 0.3 is 5.97 Å². The highest BCUT2D eigenvalue weighted by atomic mass is 16.5. The Morgan fingerprint density at radius 1 is 1.03 bits per heavy atom. The molecule has 0 saturated heterocycles. The van der Waals surface area contributed by atoms with Gasteiger partial charge in [0.2, 0.25) is 5.91 Å². The molecule has 0 aliphatic heterocycles. The molecule has 1 amide bonds. The number of hydrogen-bond acceptors (Lipinski definition) is 4. The summed E-state index contributed by atoms with van der Waals surface area (Å²) in [6.07, 6.45) is 7.24. The van der Waals surface area contributed by atoms with E-state index in [1.807, 2.05) is 30.2 Å². The molecule has 2 fully saturated rings. The van der Waals surface area contributed by atoms with Gasteiger partial charge in [-0.25, -0.2) is 4.79 Å². The summed E-state index contributed by atoms with van der Waals surface area (Å²) < 4.78 is 7.06. The van der Waals surface area contributed by atoms with Crippen molar-refractivity contribution in [2.45, 2.75) is 85.2 Å². The van der Waals surface area contributed by atoms with Crippen LogP contribution in [0.5, 0.6) is 0 Å². The molecule has 1 aromatic heterocycles. The van der Waals surface area contributed by atoms with Crippen LogP contribution in [0.2, 0.25) is 0 Å². The Morgan fingerprint density at radius 2 is 1.69 bits per heavy atom. The third-order valence-corrected chi connectivity index (χ3v) is 6.37. The summed E-state index contributed by atoms with van der Waals surface area (Å²) in [5.41, 5.74) is 2.45. The number of rotatable bonds is 8. The molecule has 0 unspecified atom stereocenters. The first-order valence-electron chi connectivity index (χ1n) is 11.1. The van der Waals surface area contributed by atoms with Crippen molar-refractivity contribution >= 4 is 17.7 Å². The van der Waals surface area contributed by atoms with Crippen LogP contribution >= 0.6 is 0 Å². The van der Waals surface area contributed by atoms with Gasteiger partial charge in [0.1, 0.15) is 5.69 Å². The Labute approximate surface area is 173 Å². The van der Waals surface area contributed by atoms with Crippen molar-refractivity contribution in [2.75, 3.05) is 13.2 Å². The van der Waals surface area contributed by atoms with Crippen LogP contribution in [0.3, 0.4) is 0 Å². The van der Waals surface area contributed by atoms with Gasteiger partial charge in [-0.15, -0.1) is 0 Å². The lowest BCUT2D eigenvalue weighted by atomic mass is 9.88. The van der Waals surface area contributed by atoms with E-state index in [1.165, 1.54) is 6.42 Å². The first kappa shape index (κ1) is 21.6. The number of ketones is 1. The van der Waals surface area contributed by atoms with Crippen LogP contribution in [0.15, 0.2) is 0 Å². The topological polar surface area (TPSA) is 68.6 Å². The molecule has 6 heteroatoms. The summed E-state index contributed by atoms with van der Waals surface area (Å²) in [6.45, 7) is 8.39. The molecule has 6 nitrogen and oxygen atoms in total. The van der Waals surface area contributed by atoms with Crippen LogP contribution in [0.25, 0.3) is 0 Å². The summed E-state index contributed by atoms with van der Waals surface area (Å²) >= 11 is 0. The van der Waals surface area contributed by atoms with Crippen molar-refractivity contribution in [3.8, 4) is 0 Å². The Kier molecular flexibility index (Phi) is 6.81. The molecule has 0 aromatic carbocycles. The molecular formula is C23H34N2O4. The van der Waals surface area contributed by atoms with Gasteiger partial charge in [-0.1, -0.05) is 19.3 Å². The minimum absolute atomic E-state index is 0.0645. The van der Waals surface area contributed by atoms with E-state index in [1.54, 1.807) is 6.92 Å². The van der Waals surface area contributed by atoms with E-state index in [4.69, 9.17) is 4.74 Å². The van der Waals surface area contributed by atoms with E-state index in [0.717, 1.165) is 44.2 Å². The minimum Gasteiger partial charge on any atom is -0.461 e. The van der Waals surface area contributed by atoms with Crippen molar-refractivity contribution in [1.82, 2.24) is 9.47 Å². The molecule has 29 heavy (non-hydrogen) atoms. The maximum atomic E-state index is 13.3. The van der Waals surface area contributed by atoms with E-state index in [9.17, 15) is 14.4 Å². The maximum Gasteiger partial charge on any atom is 0.355 e. The summed E-state index contributed by atoms with van der Waals surface area (Å²) in [5.74, 6) is -0.258. The van der Waals surface area contributed by atoms with Crippen molar-refractivity contribution in [2.24, 2.45) is 5.92 Å². The zero-order valence-corrected chi connectivity index (χ0v) is 18.3. The third-order valence-electron chi connectivity index (χ3n) is 6.37. The predicted molar refractivity (Wildman–Crippen MR) is 111 cm³/mol. The lowest BCUT2D eigenvalue weighted by molar-refractivity contribution is -0.136. The van der Waals surface area contributed by atoms with Crippen molar-refractivity contribution < 1.29 is 19.1 Å². The lowest BCUT2D eigenvalue weighted by Crippen LogP contribution is -2.42. The highest BCUT2D eigenvalue weighted by Gasteiger charge is 2.38. The number of ether oxygens (including phenoxy) is 1. The lowest BCUT2D eigenvalue weighted by Gasteiger charge is -2.29. The Hall–Kier alpha value is -2.11. The molecule has 0 radical (unpaired) electrons. The van der Waals surface area contributed by atoms with Crippen LogP contribution < -0.4 is 0 Å². The molecule has 2 aliphatic rings. The standard InChI is InChI=1S/C23H34N2O4/c1-5-24-16(4)20(15(3)21(24)23(28)29-6-2)19(26)14-25(18-12-13-18)22(27)17-10-8-7-9-11-17/h17-18H,5-14H2,1-4H3. The molecule has 0 spiro atoms.